The van der Waals surface area contributed by atoms with E-state index in [0.29, 0.717) is 0 Å². The van der Waals surface area contributed by atoms with Gasteiger partial charge in [-0.3, -0.25) is 4.98 Å². The van der Waals surface area contributed by atoms with Gasteiger partial charge in [0, 0.05) is 18.3 Å². The first-order valence-electron chi connectivity index (χ1n) is 6.09. The first-order valence-corrected chi connectivity index (χ1v) is 6.09. The van der Waals surface area contributed by atoms with E-state index in [2.05, 4.69) is 24.1 Å². The summed E-state index contributed by atoms with van der Waals surface area (Å²) in [6, 6.07) is 12.8. The van der Waals surface area contributed by atoms with Crippen LogP contribution in [0.5, 0.6) is 0 Å². The Hall–Kier alpha value is -1.74. The number of pyridine rings is 1. The third kappa shape index (κ3) is 3.14. The number of benzene rings is 1. The number of rotatable bonds is 4. The topological polar surface area (TPSA) is 24.9 Å². The lowest BCUT2D eigenvalue weighted by Gasteiger charge is -2.20. The summed E-state index contributed by atoms with van der Waals surface area (Å²) in [6.45, 7) is 4.13. The second-order valence-corrected chi connectivity index (χ2v) is 4.42. The van der Waals surface area contributed by atoms with E-state index in [9.17, 15) is 4.39 Å². The van der Waals surface area contributed by atoms with Crippen molar-refractivity contribution in [1.29, 1.82) is 0 Å². The molecule has 1 heterocycles. The number of aromatic nitrogens is 1. The minimum atomic E-state index is -0.205. The van der Waals surface area contributed by atoms with Gasteiger partial charge < -0.3 is 5.32 Å². The molecule has 0 fully saturated rings. The van der Waals surface area contributed by atoms with Crippen LogP contribution < -0.4 is 5.32 Å². The maximum absolute atomic E-state index is 12.8. The Morgan fingerprint density at radius 3 is 2.33 bits per heavy atom. The highest BCUT2D eigenvalue weighted by molar-refractivity contribution is 5.20. The van der Waals surface area contributed by atoms with Gasteiger partial charge in [0.05, 0.1) is 5.69 Å². The zero-order valence-corrected chi connectivity index (χ0v) is 10.6. The highest BCUT2D eigenvalue weighted by Crippen LogP contribution is 2.18. The average molecular weight is 244 g/mol. The molecule has 94 valence electrons. The summed E-state index contributed by atoms with van der Waals surface area (Å²) in [5, 5.41) is 3.45. The Kier molecular flexibility index (Phi) is 4.05. The molecule has 0 spiro atoms. The highest BCUT2D eigenvalue weighted by atomic mass is 19.1. The van der Waals surface area contributed by atoms with Crippen LogP contribution in [0.25, 0.3) is 0 Å². The molecule has 2 nitrogen and oxygen atoms in total. The van der Waals surface area contributed by atoms with Crippen LogP contribution in [0.1, 0.15) is 37.2 Å². The number of halogens is 1. The predicted octanol–water partition coefficient (Wildman–Crippen LogP) is 3.63. The first-order chi connectivity index (χ1) is 8.66. The molecule has 0 saturated carbocycles. The Morgan fingerprint density at radius 1 is 1.00 bits per heavy atom. The smallest absolute Gasteiger partial charge is 0.123 e. The molecule has 0 aliphatic carbocycles. The van der Waals surface area contributed by atoms with Crippen LogP contribution in [0.2, 0.25) is 0 Å². The molecule has 1 aromatic heterocycles. The van der Waals surface area contributed by atoms with Crippen molar-refractivity contribution >= 4 is 0 Å². The van der Waals surface area contributed by atoms with Gasteiger partial charge in [-0.2, -0.15) is 0 Å². The standard InChI is InChI=1S/C15H17FN2/c1-11(13-6-8-14(16)9-7-13)18-12(2)15-5-3-4-10-17-15/h3-12,18H,1-2H3/t11-,12?/m0/s1. The molecular formula is C15H17FN2. The summed E-state index contributed by atoms with van der Waals surface area (Å²) in [5.41, 5.74) is 2.07. The lowest BCUT2D eigenvalue weighted by atomic mass is 10.1. The number of nitrogens with one attached hydrogen (secondary N) is 1. The van der Waals surface area contributed by atoms with Crippen LogP contribution in [0.15, 0.2) is 48.7 Å². The molecule has 0 bridgehead atoms. The third-order valence-corrected chi connectivity index (χ3v) is 3.00. The summed E-state index contributed by atoms with van der Waals surface area (Å²) < 4.78 is 12.8. The summed E-state index contributed by atoms with van der Waals surface area (Å²) in [7, 11) is 0. The number of hydrogen-bond acceptors (Lipinski definition) is 2. The lowest BCUT2D eigenvalue weighted by Crippen LogP contribution is -2.23. The van der Waals surface area contributed by atoms with E-state index in [1.165, 1.54) is 12.1 Å². The second kappa shape index (κ2) is 5.74. The molecule has 2 aromatic rings. The summed E-state index contributed by atoms with van der Waals surface area (Å²) in [5.74, 6) is -0.205. The molecule has 2 rings (SSSR count). The molecule has 0 amide bonds. The zero-order valence-electron chi connectivity index (χ0n) is 10.6. The first kappa shape index (κ1) is 12.7. The monoisotopic (exact) mass is 244 g/mol. The van der Waals surface area contributed by atoms with Gasteiger partial charge >= 0.3 is 0 Å². The molecule has 0 radical (unpaired) electrons. The number of nitrogens with zero attached hydrogens (tertiary/aromatic N) is 1. The molecule has 18 heavy (non-hydrogen) atoms. The highest BCUT2D eigenvalue weighted by Gasteiger charge is 2.11. The van der Waals surface area contributed by atoms with E-state index in [1.807, 2.05) is 18.2 Å². The fraction of sp³-hybridized carbons (Fsp3) is 0.267. The molecular weight excluding hydrogens is 227 g/mol. The Balaban J connectivity index is 2.03. The van der Waals surface area contributed by atoms with E-state index < -0.39 is 0 Å². The van der Waals surface area contributed by atoms with Crippen LogP contribution in [-0.4, -0.2) is 4.98 Å². The molecule has 0 saturated heterocycles. The minimum absolute atomic E-state index is 0.155. The molecule has 0 aliphatic rings. The van der Waals surface area contributed by atoms with Crippen LogP contribution in [0.3, 0.4) is 0 Å². The van der Waals surface area contributed by atoms with Gasteiger partial charge in [-0.25, -0.2) is 4.39 Å². The van der Waals surface area contributed by atoms with Crippen molar-refractivity contribution in [2.24, 2.45) is 0 Å². The normalized spacial score (nSPS) is 14.2. The molecule has 1 aromatic carbocycles. The van der Waals surface area contributed by atoms with Crippen molar-refractivity contribution in [1.82, 2.24) is 10.3 Å². The van der Waals surface area contributed by atoms with Gasteiger partial charge in [0.15, 0.2) is 0 Å². The van der Waals surface area contributed by atoms with Gasteiger partial charge in [-0.05, 0) is 43.7 Å². The molecule has 1 unspecified atom stereocenters. The zero-order chi connectivity index (χ0) is 13.0. The summed E-state index contributed by atoms with van der Waals surface area (Å²) in [6.07, 6.45) is 1.79. The largest absolute Gasteiger partial charge is 0.302 e. The van der Waals surface area contributed by atoms with Crippen molar-refractivity contribution in [2.45, 2.75) is 25.9 Å². The maximum Gasteiger partial charge on any atom is 0.123 e. The van der Waals surface area contributed by atoms with Crippen LogP contribution in [0, 0.1) is 5.82 Å². The minimum Gasteiger partial charge on any atom is -0.302 e. The van der Waals surface area contributed by atoms with Gasteiger partial charge in [-0.1, -0.05) is 18.2 Å². The fourth-order valence-electron chi connectivity index (χ4n) is 1.94. The van der Waals surface area contributed by atoms with Gasteiger partial charge in [0.25, 0.3) is 0 Å². The molecule has 3 heteroatoms. The van der Waals surface area contributed by atoms with Gasteiger partial charge in [-0.15, -0.1) is 0 Å². The molecule has 2 atom stereocenters. The SMILES string of the molecule is CC(N[C@@H](C)c1ccc(F)cc1)c1ccccn1. The van der Waals surface area contributed by atoms with E-state index >= 15 is 0 Å². The Bertz CT molecular complexity index is 482. The Labute approximate surface area is 107 Å². The van der Waals surface area contributed by atoms with Crippen molar-refractivity contribution in [3.63, 3.8) is 0 Å². The predicted molar refractivity (Wildman–Crippen MR) is 70.6 cm³/mol. The van der Waals surface area contributed by atoms with E-state index in [-0.39, 0.29) is 17.9 Å². The molecule has 1 N–H and O–H groups in total. The van der Waals surface area contributed by atoms with Crippen molar-refractivity contribution in [2.75, 3.05) is 0 Å². The van der Waals surface area contributed by atoms with Crippen molar-refractivity contribution in [3.05, 3.63) is 65.7 Å². The van der Waals surface area contributed by atoms with Crippen molar-refractivity contribution in [3.8, 4) is 0 Å². The fourth-order valence-corrected chi connectivity index (χ4v) is 1.94. The third-order valence-electron chi connectivity index (χ3n) is 3.00. The molecule has 0 aliphatic heterocycles. The quantitative estimate of drug-likeness (QED) is 0.888. The Morgan fingerprint density at radius 2 is 1.72 bits per heavy atom. The van der Waals surface area contributed by atoms with E-state index in [1.54, 1.807) is 18.3 Å². The second-order valence-electron chi connectivity index (χ2n) is 4.42. The lowest BCUT2D eigenvalue weighted by molar-refractivity contribution is 0.485. The van der Waals surface area contributed by atoms with Crippen LogP contribution in [0.4, 0.5) is 4.39 Å². The van der Waals surface area contributed by atoms with Crippen molar-refractivity contribution < 1.29 is 4.39 Å². The van der Waals surface area contributed by atoms with Gasteiger partial charge in [0.2, 0.25) is 0 Å². The van der Waals surface area contributed by atoms with E-state index in [0.717, 1.165) is 11.3 Å². The number of hydrogen-bond donors (Lipinski definition) is 1. The summed E-state index contributed by atoms with van der Waals surface area (Å²) >= 11 is 0. The maximum atomic E-state index is 12.8. The van der Waals surface area contributed by atoms with E-state index in [4.69, 9.17) is 0 Å². The van der Waals surface area contributed by atoms with Gasteiger partial charge in [0.1, 0.15) is 5.82 Å². The summed E-state index contributed by atoms with van der Waals surface area (Å²) in [4.78, 5) is 4.32. The van der Waals surface area contributed by atoms with Crippen LogP contribution in [-0.2, 0) is 0 Å². The van der Waals surface area contributed by atoms with Crippen LogP contribution >= 0.6 is 0 Å². The average Bonchev–Trinajstić information content (AvgIpc) is 2.40.